The molecule has 4 rings (SSSR count). The Morgan fingerprint density at radius 3 is 2.12 bits per heavy atom. The predicted molar refractivity (Wildman–Crippen MR) is 157 cm³/mol. The lowest BCUT2D eigenvalue weighted by Gasteiger charge is -2.24. The fraction of sp³-hybridized carbons (Fsp3) is 0.250. The fourth-order valence-corrected chi connectivity index (χ4v) is 4.38. The van der Waals surface area contributed by atoms with Gasteiger partial charge in [-0.05, 0) is 53.9 Å². The molecule has 0 atom stereocenters. The summed E-state index contributed by atoms with van der Waals surface area (Å²) in [5.74, 6) is 2.71. The van der Waals surface area contributed by atoms with Crippen LogP contribution >= 0.6 is 0 Å². The number of para-hydroxylation sites is 1. The maximum Gasteiger partial charge on any atom is 0.253 e. The number of hydrogen-bond acceptors (Lipinski definition) is 7. The number of carbonyl (C=O) groups excluding carboxylic acids is 1. The van der Waals surface area contributed by atoms with Crippen LogP contribution in [-0.2, 0) is 6.54 Å². The van der Waals surface area contributed by atoms with Crippen molar-refractivity contribution < 1.29 is 23.7 Å². The fourth-order valence-electron chi connectivity index (χ4n) is 4.38. The van der Waals surface area contributed by atoms with Gasteiger partial charge >= 0.3 is 0 Å². The van der Waals surface area contributed by atoms with Gasteiger partial charge in [-0.25, -0.2) is 4.98 Å². The third-order valence-electron chi connectivity index (χ3n) is 6.43. The molecule has 0 radical (unpaired) electrons. The van der Waals surface area contributed by atoms with E-state index in [2.05, 4.69) is 29.3 Å². The zero-order valence-electron chi connectivity index (χ0n) is 23.3. The van der Waals surface area contributed by atoms with Crippen LogP contribution in [0.5, 0.6) is 23.0 Å². The topological polar surface area (TPSA) is 82.2 Å². The average molecular weight is 542 g/mol. The first-order valence-corrected chi connectivity index (χ1v) is 13.1. The summed E-state index contributed by atoms with van der Waals surface area (Å²) in [7, 11) is 4.69. The molecule has 8 heteroatoms. The van der Waals surface area contributed by atoms with Crippen molar-refractivity contribution in [3.8, 4) is 34.1 Å². The van der Waals surface area contributed by atoms with Gasteiger partial charge < -0.3 is 29.2 Å². The molecule has 3 aromatic carbocycles. The lowest BCUT2D eigenvalue weighted by Crippen LogP contribution is -2.29. The molecule has 0 unspecified atom stereocenters. The van der Waals surface area contributed by atoms with E-state index in [0.717, 1.165) is 23.7 Å². The highest BCUT2D eigenvalue weighted by Crippen LogP contribution is 2.42. The van der Waals surface area contributed by atoms with Gasteiger partial charge in [0.15, 0.2) is 11.5 Å². The molecule has 0 saturated carbocycles. The molecule has 1 heterocycles. The zero-order chi connectivity index (χ0) is 28.3. The van der Waals surface area contributed by atoms with Gasteiger partial charge in [-0.2, -0.15) is 0 Å². The second-order valence-electron chi connectivity index (χ2n) is 8.92. The number of aromatic nitrogens is 1. The molecule has 1 amide bonds. The molecule has 0 aliphatic carbocycles. The van der Waals surface area contributed by atoms with Crippen LogP contribution in [0.2, 0.25) is 0 Å². The highest BCUT2D eigenvalue weighted by Gasteiger charge is 2.21. The van der Waals surface area contributed by atoms with Gasteiger partial charge in [-0.3, -0.25) is 4.79 Å². The van der Waals surface area contributed by atoms with Crippen LogP contribution in [0.4, 0.5) is 5.82 Å². The first-order chi connectivity index (χ1) is 19.6. The summed E-state index contributed by atoms with van der Waals surface area (Å²) in [5.41, 5.74) is 3.02. The molecule has 208 valence electrons. The van der Waals surface area contributed by atoms with E-state index < -0.39 is 0 Å². The number of nitrogens with zero attached hydrogens (tertiary/aromatic N) is 2. The van der Waals surface area contributed by atoms with Crippen LogP contribution in [0.3, 0.4) is 0 Å². The van der Waals surface area contributed by atoms with E-state index in [0.29, 0.717) is 48.1 Å². The minimum absolute atomic E-state index is 0.259. The van der Waals surface area contributed by atoms with E-state index in [-0.39, 0.29) is 5.91 Å². The molecule has 40 heavy (non-hydrogen) atoms. The van der Waals surface area contributed by atoms with E-state index in [1.165, 1.54) is 5.56 Å². The maximum absolute atomic E-state index is 13.4. The second-order valence-corrected chi connectivity index (χ2v) is 8.92. The normalized spacial score (nSPS) is 10.5. The van der Waals surface area contributed by atoms with Crippen molar-refractivity contribution in [3.63, 3.8) is 0 Å². The summed E-state index contributed by atoms with van der Waals surface area (Å²) in [6.45, 7) is 4.16. The molecule has 0 spiro atoms. The Balaban J connectivity index is 1.67. The number of ether oxygens (including phenoxy) is 4. The molecule has 0 aliphatic heterocycles. The first-order valence-electron chi connectivity index (χ1n) is 13.1. The summed E-state index contributed by atoms with van der Waals surface area (Å²) in [5, 5.41) is 2.96. The van der Waals surface area contributed by atoms with Crippen molar-refractivity contribution in [1.29, 1.82) is 0 Å². The zero-order valence-corrected chi connectivity index (χ0v) is 23.3. The van der Waals surface area contributed by atoms with Gasteiger partial charge in [0.2, 0.25) is 5.75 Å². The number of benzene rings is 3. The van der Waals surface area contributed by atoms with Gasteiger partial charge in [0, 0.05) is 19.3 Å². The van der Waals surface area contributed by atoms with Crippen LogP contribution in [0.15, 0.2) is 85.1 Å². The van der Waals surface area contributed by atoms with Crippen molar-refractivity contribution in [1.82, 2.24) is 10.3 Å². The van der Waals surface area contributed by atoms with Gasteiger partial charge in [-0.15, -0.1) is 0 Å². The quantitative estimate of drug-likeness (QED) is 0.220. The summed E-state index contributed by atoms with van der Waals surface area (Å²) >= 11 is 0. The number of hydrogen-bond donors (Lipinski definition) is 1. The van der Waals surface area contributed by atoms with E-state index in [1.54, 1.807) is 27.5 Å². The highest BCUT2D eigenvalue weighted by molar-refractivity contribution is 6.01. The van der Waals surface area contributed by atoms with Crippen LogP contribution in [0.1, 0.15) is 22.8 Å². The number of carbonyl (C=O) groups is 1. The summed E-state index contributed by atoms with van der Waals surface area (Å²) in [6.07, 6.45) is 1.62. The number of methoxy groups -OCH3 is 3. The molecular formula is C32H35N3O5. The van der Waals surface area contributed by atoms with E-state index in [9.17, 15) is 4.79 Å². The Bertz CT molecular complexity index is 1370. The molecule has 0 fully saturated rings. The molecule has 1 N–H and O–H groups in total. The molecule has 0 aliphatic rings. The Kier molecular flexibility index (Phi) is 9.83. The molecule has 4 aromatic rings. The Morgan fingerprint density at radius 1 is 0.875 bits per heavy atom. The summed E-state index contributed by atoms with van der Waals surface area (Å²) in [4.78, 5) is 20.3. The monoisotopic (exact) mass is 541 g/mol. The SMILES string of the molecule is CCN(Cc1ccccc1)c1cc(-c2cc(OC)c(OC)c(OC)c2)c(C(=O)NCCOc2ccccc2)cn1. The first kappa shape index (κ1) is 28.3. The third-order valence-corrected chi connectivity index (χ3v) is 6.43. The van der Waals surface area contributed by atoms with Crippen molar-refractivity contribution in [2.45, 2.75) is 13.5 Å². The Labute approximate surface area is 235 Å². The van der Waals surface area contributed by atoms with Crippen LogP contribution in [-0.4, -0.2) is 51.9 Å². The largest absolute Gasteiger partial charge is 0.493 e. The van der Waals surface area contributed by atoms with Crippen LogP contribution < -0.4 is 29.2 Å². The molecule has 1 aromatic heterocycles. The minimum atomic E-state index is -0.259. The van der Waals surface area contributed by atoms with Crippen LogP contribution in [0, 0.1) is 0 Å². The standard InChI is InChI=1S/C32H35N3O5/c1-5-35(22-23-12-8-6-9-13-23)30-20-26(24-18-28(37-2)31(39-4)29(19-24)38-3)27(21-34-30)32(36)33-16-17-40-25-14-10-7-11-15-25/h6-15,18-21H,5,16-17,22H2,1-4H3,(H,33,36). The summed E-state index contributed by atoms with van der Waals surface area (Å²) < 4.78 is 22.4. The average Bonchev–Trinajstić information content (AvgIpc) is 3.01. The van der Waals surface area contributed by atoms with E-state index in [1.807, 2.05) is 66.7 Å². The van der Waals surface area contributed by atoms with E-state index in [4.69, 9.17) is 23.9 Å². The number of anilines is 1. The molecule has 8 nitrogen and oxygen atoms in total. The van der Waals surface area contributed by atoms with Gasteiger partial charge in [0.1, 0.15) is 18.2 Å². The van der Waals surface area contributed by atoms with Crippen molar-refractivity contribution in [3.05, 3.63) is 96.2 Å². The summed E-state index contributed by atoms with van der Waals surface area (Å²) in [6, 6.07) is 25.3. The minimum Gasteiger partial charge on any atom is -0.493 e. The smallest absolute Gasteiger partial charge is 0.253 e. The van der Waals surface area contributed by atoms with Gasteiger partial charge in [0.05, 0.1) is 33.4 Å². The van der Waals surface area contributed by atoms with Crippen molar-refractivity contribution in [2.24, 2.45) is 0 Å². The number of pyridine rings is 1. The number of rotatable bonds is 13. The molecule has 0 saturated heterocycles. The molecule has 0 bridgehead atoms. The lowest BCUT2D eigenvalue weighted by molar-refractivity contribution is 0.0947. The maximum atomic E-state index is 13.4. The Hall–Kier alpha value is -4.72. The second kappa shape index (κ2) is 13.9. The van der Waals surface area contributed by atoms with Crippen molar-refractivity contribution >= 4 is 11.7 Å². The van der Waals surface area contributed by atoms with Crippen LogP contribution in [0.25, 0.3) is 11.1 Å². The van der Waals surface area contributed by atoms with Gasteiger partial charge in [0.25, 0.3) is 5.91 Å². The lowest BCUT2D eigenvalue weighted by atomic mass is 9.99. The predicted octanol–water partition coefficient (Wildman–Crippen LogP) is 5.61. The third kappa shape index (κ3) is 6.83. The van der Waals surface area contributed by atoms with Crippen molar-refractivity contribution in [2.75, 3.05) is 45.9 Å². The number of nitrogens with one attached hydrogen (secondary N) is 1. The van der Waals surface area contributed by atoms with Gasteiger partial charge in [-0.1, -0.05) is 48.5 Å². The Morgan fingerprint density at radius 2 is 1.52 bits per heavy atom. The van der Waals surface area contributed by atoms with E-state index >= 15 is 0 Å². The highest BCUT2D eigenvalue weighted by atomic mass is 16.5. The number of amides is 1. The molecular weight excluding hydrogens is 506 g/mol.